The van der Waals surface area contributed by atoms with Gasteiger partial charge in [0.05, 0.1) is 16.6 Å². The first-order chi connectivity index (χ1) is 18.5. The van der Waals surface area contributed by atoms with Gasteiger partial charge in [-0.15, -0.1) is 0 Å². The van der Waals surface area contributed by atoms with Gasteiger partial charge >= 0.3 is 0 Å². The van der Waals surface area contributed by atoms with Crippen molar-refractivity contribution in [2.45, 2.75) is 37.8 Å². The number of phenolic OH excluding ortho intramolecular Hbond substituents is 1. The topological polar surface area (TPSA) is 122 Å². The summed E-state index contributed by atoms with van der Waals surface area (Å²) in [5.41, 5.74) is 2.51. The summed E-state index contributed by atoms with van der Waals surface area (Å²) >= 11 is 6.04. The van der Waals surface area contributed by atoms with Crippen LogP contribution in [0, 0.1) is 5.82 Å². The van der Waals surface area contributed by atoms with Crippen LogP contribution in [0.2, 0.25) is 5.02 Å². The molecule has 38 heavy (non-hydrogen) atoms. The number of aromatic nitrogens is 6. The van der Waals surface area contributed by atoms with Crippen LogP contribution in [-0.4, -0.2) is 46.8 Å². The molecule has 192 valence electrons. The van der Waals surface area contributed by atoms with Gasteiger partial charge in [0.2, 0.25) is 0 Å². The summed E-state index contributed by atoms with van der Waals surface area (Å²) in [6.07, 6.45) is 5.94. The van der Waals surface area contributed by atoms with Gasteiger partial charge in [-0.1, -0.05) is 17.7 Å². The second kappa shape index (κ2) is 9.86. The maximum absolute atomic E-state index is 15.1. The lowest BCUT2D eigenvalue weighted by Gasteiger charge is -2.32. The Morgan fingerprint density at radius 1 is 1.16 bits per heavy atom. The van der Waals surface area contributed by atoms with E-state index in [0.29, 0.717) is 28.6 Å². The number of benzene rings is 2. The van der Waals surface area contributed by atoms with E-state index in [4.69, 9.17) is 16.6 Å². The first-order valence-corrected chi connectivity index (χ1v) is 12.6. The highest BCUT2D eigenvalue weighted by atomic mass is 35.5. The summed E-state index contributed by atoms with van der Waals surface area (Å²) in [6.45, 7) is 0. The van der Waals surface area contributed by atoms with E-state index in [-0.39, 0.29) is 35.0 Å². The Bertz CT molecular complexity index is 1620. The van der Waals surface area contributed by atoms with E-state index >= 15 is 4.39 Å². The van der Waals surface area contributed by atoms with Crippen LogP contribution in [0.4, 0.5) is 4.39 Å². The molecule has 0 radical (unpaired) electrons. The number of hydrogen-bond acceptors (Lipinski definition) is 6. The molecule has 0 saturated heterocycles. The van der Waals surface area contributed by atoms with Crippen molar-refractivity contribution in [2.75, 3.05) is 0 Å². The number of nitrogens with one attached hydrogen (secondary N) is 2. The Morgan fingerprint density at radius 3 is 2.84 bits per heavy atom. The van der Waals surface area contributed by atoms with Crippen molar-refractivity contribution in [3.63, 3.8) is 0 Å². The molecule has 0 spiro atoms. The van der Waals surface area contributed by atoms with Crippen LogP contribution in [-0.2, 0) is 0 Å². The second-order valence-electron chi connectivity index (χ2n) is 9.33. The Balaban J connectivity index is 1.41. The number of halogens is 2. The molecule has 5 aromatic rings. The van der Waals surface area contributed by atoms with E-state index in [1.54, 1.807) is 6.07 Å². The normalized spacial score (nSPS) is 17.5. The lowest BCUT2D eigenvalue weighted by atomic mass is 9.90. The van der Waals surface area contributed by atoms with E-state index in [9.17, 15) is 9.90 Å². The number of carbonyl (C=O) groups is 1. The van der Waals surface area contributed by atoms with Gasteiger partial charge in [-0.25, -0.2) is 14.4 Å². The summed E-state index contributed by atoms with van der Waals surface area (Å²) in [5, 5.41) is 21.0. The molecule has 11 heteroatoms. The molecule has 0 aliphatic heterocycles. The number of fused-ring (bicyclic) bond motifs is 1. The number of imidazole rings is 1. The fourth-order valence-corrected chi connectivity index (χ4v) is 5.34. The summed E-state index contributed by atoms with van der Waals surface area (Å²) in [6, 6.07) is 12.7. The van der Waals surface area contributed by atoms with Crippen LogP contribution >= 0.6 is 11.6 Å². The third kappa shape index (κ3) is 4.47. The molecule has 9 nitrogen and oxygen atoms in total. The number of aromatic amines is 1. The molecule has 1 aliphatic carbocycles. The van der Waals surface area contributed by atoms with Crippen molar-refractivity contribution < 1.29 is 14.3 Å². The number of phenols is 1. The van der Waals surface area contributed by atoms with Crippen molar-refractivity contribution in [3.05, 3.63) is 77.6 Å². The van der Waals surface area contributed by atoms with Crippen molar-refractivity contribution in [1.29, 1.82) is 0 Å². The van der Waals surface area contributed by atoms with Gasteiger partial charge in [0.25, 0.3) is 5.91 Å². The van der Waals surface area contributed by atoms with Crippen molar-refractivity contribution in [3.8, 4) is 28.5 Å². The van der Waals surface area contributed by atoms with Crippen LogP contribution in [0.5, 0.6) is 5.75 Å². The number of nitrogens with zero attached hydrogens (tertiary/aromatic N) is 5. The first kappa shape index (κ1) is 24.1. The van der Waals surface area contributed by atoms with E-state index < -0.39 is 5.82 Å². The van der Waals surface area contributed by atoms with Crippen molar-refractivity contribution in [2.24, 2.45) is 0 Å². The predicted molar refractivity (Wildman–Crippen MR) is 140 cm³/mol. The van der Waals surface area contributed by atoms with Crippen LogP contribution < -0.4 is 5.32 Å². The molecular formula is C27H23ClFN7O2. The molecular weight excluding hydrogens is 509 g/mol. The predicted octanol–water partition coefficient (Wildman–Crippen LogP) is 5.30. The maximum atomic E-state index is 15.1. The fourth-order valence-electron chi connectivity index (χ4n) is 5.18. The molecule has 1 amide bonds. The fraction of sp³-hybridized carbons (Fsp3) is 0.222. The van der Waals surface area contributed by atoms with Crippen LogP contribution in [0.15, 0.2) is 61.1 Å². The zero-order chi connectivity index (χ0) is 26.2. The highest BCUT2D eigenvalue weighted by molar-refractivity contribution is 6.30. The molecule has 6 rings (SSSR count). The Morgan fingerprint density at radius 2 is 2.05 bits per heavy atom. The number of pyridine rings is 1. The minimum absolute atomic E-state index is 0.0409. The van der Waals surface area contributed by atoms with Gasteiger partial charge < -0.3 is 15.0 Å². The van der Waals surface area contributed by atoms with Crippen LogP contribution in [0.3, 0.4) is 0 Å². The molecule has 3 N–H and O–H groups in total. The van der Waals surface area contributed by atoms with E-state index in [1.165, 1.54) is 36.8 Å². The molecule has 0 bridgehead atoms. The maximum Gasteiger partial charge on any atom is 0.270 e. The van der Waals surface area contributed by atoms with Crippen molar-refractivity contribution >= 4 is 28.5 Å². The third-order valence-electron chi connectivity index (χ3n) is 6.89. The number of aromatic hydroxyl groups is 1. The highest BCUT2D eigenvalue weighted by Gasteiger charge is 2.30. The molecule has 0 unspecified atom stereocenters. The molecule has 2 aromatic carbocycles. The standard InChI is InChI=1S/C27H23ClFN7O2/c28-16-9-10-30-21(12-16)27(38)33-17-3-1-4-18(13-17)36-22-11-15(25-31-14-32-35-25)7-8-20(22)34-26(36)24-19(29)5-2-6-23(24)37/h2,5-12,14,17-18,37H,1,3-4,13H2,(H,33,38)(H,31,32,35)/t17-,18+/m0/s1. The molecule has 2 atom stereocenters. The lowest BCUT2D eigenvalue weighted by molar-refractivity contribution is 0.0916. The SMILES string of the molecule is O=C(N[C@H]1CCC[C@@H](n2c(-c3c(O)cccc3F)nc3ccc(-c4ncn[nH]4)cc32)C1)c1cc(Cl)ccn1. The minimum atomic E-state index is -0.565. The zero-order valence-corrected chi connectivity index (χ0v) is 20.9. The third-order valence-corrected chi connectivity index (χ3v) is 7.13. The second-order valence-corrected chi connectivity index (χ2v) is 9.76. The van der Waals surface area contributed by atoms with E-state index in [0.717, 1.165) is 30.3 Å². The number of H-pyrrole nitrogens is 1. The first-order valence-electron chi connectivity index (χ1n) is 12.3. The van der Waals surface area contributed by atoms with Crippen LogP contribution in [0.25, 0.3) is 33.8 Å². The smallest absolute Gasteiger partial charge is 0.270 e. The summed E-state index contributed by atoms with van der Waals surface area (Å²) < 4.78 is 17.0. The number of carbonyl (C=O) groups excluding carboxylic acids is 1. The van der Waals surface area contributed by atoms with Gasteiger partial charge in [-0.3, -0.25) is 14.9 Å². The Hall–Kier alpha value is -4.31. The Kier molecular flexibility index (Phi) is 6.24. The number of rotatable bonds is 5. The van der Waals surface area contributed by atoms with Gasteiger partial charge in [0, 0.05) is 28.9 Å². The molecule has 1 saturated carbocycles. The molecule has 3 heterocycles. The zero-order valence-electron chi connectivity index (χ0n) is 20.1. The lowest BCUT2D eigenvalue weighted by Crippen LogP contribution is -2.39. The van der Waals surface area contributed by atoms with Crippen molar-refractivity contribution in [1.82, 2.24) is 35.0 Å². The largest absolute Gasteiger partial charge is 0.507 e. The average Bonchev–Trinajstić information content (AvgIpc) is 3.57. The minimum Gasteiger partial charge on any atom is -0.507 e. The van der Waals surface area contributed by atoms with E-state index in [2.05, 4.69) is 25.5 Å². The van der Waals surface area contributed by atoms with Crippen LogP contribution in [0.1, 0.15) is 42.2 Å². The summed E-state index contributed by atoms with van der Waals surface area (Å²) in [5.74, 6) is -0.126. The van der Waals surface area contributed by atoms with Gasteiger partial charge in [0.1, 0.15) is 29.4 Å². The monoisotopic (exact) mass is 531 g/mol. The summed E-state index contributed by atoms with van der Waals surface area (Å²) in [7, 11) is 0. The van der Waals surface area contributed by atoms with Gasteiger partial charge in [-0.05, 0) is 68.1 Å². The quantitative estimate of drug-likeness (QED) is 0.283. The number of amides is 1. The van der Waals surface area contributed by atoms with E-state index in [1.807, 2.05) is 22.8 Å². The number of hydrogen-bond donors (Lipinski definition) is 3. The molecule has 3 aromatic heterocycles. The summed E-state index contributed by atoms with van der Waals surface area (Å²) in [4.78, 5) is 26.0. The average molecular weight is 532 g/mol. The van der Waals surface area contributed by atoms with Gasteiger partial charge in [-0.2, -0.15) is 5.10 Å². The Labute approximate surface area is 221 Å². The molecule has 1 aliphatic rings. The molecule has 1 fully saturated rings. The van der Waals surface area contributed by atoms with Gasteiger partial charge in [0.15, 0.2) is 5.82 Å². The highest BCUT2D eigenvalue weighted by Crippen LogP contribution is 2.40.